The van der Waals surface area contributed by atoms with Crippen LogP contribution in [0.3, 0.4) is 0 Å². The fourth-order valence-corrected chi connectivity index (χ4v) is 2.44. The molecule has 2 rings (SSSR count). The van der Waals surface area contributed by atoms with Gasteiger partial charge in [0.1, 0.15) is 5.76 Å². The molecule has 104 valence electrons. The lowest BCUT2D eigenvalue weighted by Gasteiger charge is -2.40. The van der Waals surface area contributed by atoms with Crippen LogP contribution < -0.4 is 11.1 Å². The molecular formula is C12H18N4O2S. The predicted molar refractivity (Wildman–Crippen MR) is 75.0 cm³/mol. The maximum Gasteiger partial charge on any atom is 0.274 e. The van der Waals surface area contributed by atoms with Gasteiger partial charge in [0.15, 0.2) is 5.69 Å². The van der Waals surface area contributed by atoms with E-state index in [-0.39, 0.29) is 11.6 Å². The molecule has 1 fully saturated rings. The van der Waals surface area contributed by atoms with Gasteiger partial charge < -0.3 is 20.5 Å². The van der Waals surface area contributed by atoms with Gasteiger partial charge in [-0.1, -0.05) is 17.4 Å². The molecule has 1 aliphatic heterocycles. The number of amides is 1. The van der Waals surface area contributed by atoms with E-state index in [1.54, 1.807) is 13.0 Å². The van der Waals surface area contributed by atoms with Gasteiger partial charge in [0.25, 0.3) is 5.91 Å². The highest BCUT2D eigenvalue weighted by Crippen LogP contribution is 2.22. The molecule has 7 heteroatoms. The van der Waals surface area contributed by atoms with Gasteiger partial charge in [0.05, 0.1) is 10.5 Å². The normalized spacial score (nSPS) is 19.1. The van der Waals surface area contributed by atoms with E-state index in [0.717, 1.165) is 13.1 Å². The van der Waals surface area contributed by atoms with Crippen LogP contribution >= 0.6 is 12.2 Å². The zero-order valence-corrected chi connectivity index (χ0v) is 11.9. The molecular weight excluding hydrogens is 264 g/mol. The molecule has 2 heterocycles. The van der Waals surface area contributed by atoms with Gasteiger partial charge in [-0.2, -0.15) is 0 Å². The molecule has 0 unspecified atom stereocenters. The lowest BCUT2D eigenvalue weighted by Crippen LogP contribution is -2.61. The van der Waals surface area contributed by atoms with E-state index in [4.69, 9.17) is 22.5 Å². The van der Waals surface area contributed by atoms with Crippen molar-refractivity contribution in [2.45, 2.75) is 25.3 Å². The Bertz CT molecular complexity index is 492. The van der Waals surface area contributed by atoms with Crippen LogP contribution in [0.25, 0.3) is 0 Å². The summed E-state index contributed by atoms with van der Waals surface area (Å²) in [7, 11) is 2.03. The van der Waals surface area contributed by atoms with Gasteiger partial charge in [-0.25, -0.2) is 0 Å². The Balaban J connectivity index is 2.13. The monoisotopic (exact) mass is 282 g/mol. The molecule has 0 atom stereocenters. The SMILES string of the molecule is Cc1cc(C(=O)NC2(C(N)=S)CCN(C)CC2)no1. The number of aromatic nitrogens is 1. The Kier molecular flexibility index (Phi) is 3.86. The second kappa shape index (κ2) is 5.26. The minimum Gasteiger partial charge on any atom is -0.391 e. The van der Waals surface area contributed by atoms with Gasteiger partial charge in [0, 0.05) is 19.2 Å². The molecule has 1 aliphatic rings. The molecule has 1 saturated heterocycles. The third-order valence-corrected chi connectivity index (χ3v) is 3.92. The summed E-state index contributed by atoms with van der Waals surface area (Å²) in [6, 6.07) is 1.59. The van der Waals surface area contributed by atoms with Gasteiger partial charge in [-0.3, -0.25) is 4.79 Å². The average molecular weight is 282 g/mol. The van der Waals surface area contributed by atoms with Crippen molar-refractivity contribution >= 4 is 23.1 Å². The van der Waals surface area contributed by atoms with Crippen molar-refractivity contribution in [3.05, 3.63) is 17.5 Å². The molecule has 19 heavy (non-hydrogen) atoms. The highest BCUT2D eigenvalue weighted by Gasteiger charge is 2.38. The number of hydrogen-bond acceptors (Lipinski definition) is 5. The van der Waals surface area contributed by atoms with Crippen LogP contribution in [0.5, 0.6) is 0 Å². The minimum atomic E-state index is -0.619. The van der Waals surface area contributed by atoms with Crippen LogP contribution in [0.15, 0.2) is 10.6 Å². The van der Waals surface area contributed by atoms with E-state index >= 15 is 0 Å². The number of nitrogens with one attached hydrogen (secondary N) is 1. The first-order chi connectivity index (χ1) is 8.93. The van der Waals surface area contributed by atoms with Crippen LogP contribution in [0, 0.1) is 6.92 Å². The predicted octanol–water partition coefficient (Wildman–Crippen LogP) is 0.463. The zero-order chi connectivity index (χ0) is 14.0. The van der Waals surface area contributed by atoms with Crippen molar-refractivity contribution in [3.8, 4) is 0 Å². The lowest BCUT2D eigenvalue weighted by atomic mass is 9.87. The molecule has 0 saturated carbocycles. The summed E-state index contributed by atoms with van der Waals surface area (Å²) in [4.78, 5) is 14.7. The molecule has 0 spiro atoms. The largest absolute Gasteiger partial charge is 0.391 e. The number of hydrogen-bond donors (Lipinski definition) is 2. The quantitative estimate of drug-likeness (QED) is 0.784. The van der Waals surface area contributed by atoms with E-state index in [1.807, 2.05) is 7.05 Å². The Morgan fingerprint density at radius 3 is 2.68 bits per heavy atom. The van der Waals surface area contributed by atoms with E-state index in [1.165, 1.54) is 0 Å². The summed E-state index contributed by atoms with van der Waals surface area (Å²) in [5, 5.41) is 6.63. The number of nitrogens with two attached hydrogens (primary N) is 1. The van der Waals surface area contributed by atoms with Crippen molar-refractivity contribution in [2.75, 3.05) is 20.1 Å². The molecule has 0 aliphatic carbocycles. The summed E-state index contributed by atoms with van der Waals surface area (Å²) in [6.07, 6.45) is 1.42. The van der Waals surface area contributed by atoms with Crippen molar-refractivity contribution < 1.29 is 9.32 Å². The number of rotatable bonds is 3. The third kappa shape index (κ3) is 2.93. The number of nitrogens with zero attached hydrogens (tertiary/aromatic N) is 2. The van der Waals surface area contributed by atoms with Crippen LogP contribution in [0.4, 0.5) is 0 Å². The maximum atomic E-state index is 12.2. The number of carbonyl (C=O) groups excluding carboxylic acids is 1. The lowest BCUT2D eigenvalue weighted by molar-refractivity contribution is 0.0881. The standard InChI is InChI=1S/C12H18N4O2S/c1-8-7-9(15-18-8)10(17)14-12(11(13)19)3-5-16(2)6-4-12/h7H,3-6H2,1-2H3,(H2,13,19)(H,14,17). The van der Waals surface area contributed by atoms with Gasteiger partial charge >= 0.3 is 0 Å². The van der Waals surface area contributed by atoms with Crippen molar-refractivity contribution in [1.82, 2.24) is 15.4 Å². The van der Waals surface area contributed by atoms with E-state index in [0.29, 0.717) is 23.6 Å². The molecule has 0 aromatic carbocycles. The highest BCUT2D eigenvalue weighted by atomic mass is 32.1. The van der Waals surface area contributed by atoms with Crippen molar-refractivity contribution in [1.29, 1.82) is 0 Å². The Hall–Kier alpha value is -1.47. The summed E-state index contributed by atoms with van der Waals surface area (Å²) in [5.41, 5.74) is 5.47. The van der Waals surface area contributed by atoms with Crippen LogP contribution in [0.2, 0.25) is 0 Å². The van der Waals surface area contributed by atoms with E-state index < -0.39 is 5.54 Å². The van der Waals surface area contributed by atoms with Gasteiger partial charge in [-0.15, -0.1) is 0 Å². The zero-order valence-electron chi connectivity index (χ0n) is 11.1. The van der Waals surface area contributed by atoms with Crippen LogP contribution in [-0.4, -0.2) is 46.6 Å². The minimum absolute atomic E-state index is 0.257. The fraction of sp³-hybridized carbons (Fsp3) is 0.583. The van der Waals surface area contributed by atoms with Crippen molar-refractivity contribution in [2.24, 2.45) is 5.73 Å². The second-order valence-electron chi connectivity index (χ2n) is 5.03. The van der Waals surface area contributed by atoms with Crippen LogP contribution in [-0.2, 0) is 0 Å². The smallest absolute Gasteiger partial charge is 0.274 e. The van der Waals surface area contributed by atoms with Crippen LogP contribution in [0.1, 0.15) is 29.1 Å². The topological polar surface area (TPSA) is 84.4 Å². The first kappa shape index (κ1) is 14.0. The molecule has 1 aromatic heterocycles. The average Bonchev–Trinajstić information content (AvgIpc) is 2.79. The van der Waals surface area contributed by atoms with E-state index in [9.17, 15) is 4.79 Å². The highest BCUT2D eigenvalue weighted by molar-refractivity contribution is 7.80. The number of carbonyl (C=O) groups is 1. The molecule has 3 N–H and O–H groups in total. The number of thiocarbonyl (C=S) groups is 1. The Labute approximate surface area is 117 Å². The van der Waals surface area contributed by atoms with E-state index in [2.05, 4.69) is 15.4 Å². The Morgan fingerprint density at radius 1 is 1.58 bits per heavy atom. The second-order valence-corrected chi connectivity index (χ2v) is 5.47. The first-order valence-electron chi connectivity index (χ1n) is 6.17. The first-order valence-corrected chi connectivity index (χ1v) is 6.58. The molecule has 0 radical (unpaired) electrons. The fourth-order valence-electron chi connectivity index (χ4n) is 2.19. The molecule has 1 amide bonds. The van der Waals surface area contributed by atoms with Crippen molar-refractivity contribution in [3.63, 3.8) is 0 Å². The summed E-state index contributed by atoms with van der Waals surface area (Å²) in [6.45, 7) is 3.42. The molecule has 6 nitrogen and oxygen atoms in total. The molecule has 0 bridgehead atoms. The summed E-state index contributed by atoms with van der Waals surface area (Å²) >= 11 is 5.14. The Morgan fingerprint density at radius 2 is 2.21 bits per heavy atom. The number of aryl methyl sites for hydroxylation is 1. The maximum absolute atomic E-state index is 12.2. The van der Waals surface area contributed by atoms with Gasteiger partial charge in [0.2, 0.25) is 0 Å². The van der Waals surface area contributed by atoms with Gasteiger partial charge in [-0.05, 0) is 26.8 Å². The number of piperidine rings is 1. The third-order valence-electron chi connectivity index (χ3n) is 3.53. The molecule has 1 aromatic rings. The summed E-state index contributed by atoms with van der Waals surface area (Å²) < 4.78 is 4.90. The number of likely N-dealkylation sites (tertiary alicyclic amines) is 1. The summed E-state index contributed by atoms with van der Waals surface area (Å²) in [5.74, 6) is 0.298.